The fourth-order valence-electron chi connectivity index (χ4n) is 2.85. The van der Waals surface area contributed by atoms with Crippen LogP contribution in [0.2, 0.25) is 0 Å². The van der Waals surface area contributed by atoms with E-state index in [1.165, 1.54) is 7.05 Å². The highest BCUT2D eigenvalue weighted by Crippen LogP contribution is 2.19. The summed E-state index contributed by atoms with van der Waals surface area (Å²) in [6.07, 6.45) is 0. The third-order valence-electron chi connectivity index (χ3n) is 4.36. The lowest BCUT2D eigenvalue weighted by Crippen LogP contribution is -2.39. The van der Waals surface area contributed by atoms with Crippen molar-refractivity contribution in [3.8, 4) is 0 Å². The molecular weight excluding hydrogens is 348 g/mol. The minimum Gasteiger partial charge on any atom is -0.348 e. The Hall–Kier alpha value is -2.18. The van der Waals surface area contributed by atoms with E-state index in [1.807, 2.05) is 39.8 Å². The molecule has 1 N–H and O–H groups in total. The highest BCUT2D eigenvalue weighted by molar-refractivity contribution is 7.89. The number of amides is 1. The summed E-state index contributed by atoms with van der Waals surface area (Å²) in [6, 6.07) is 12.4. The van der Waals surface area contributed by atoms with E-state index in [9.17, 15) is 13.2 Å². The molecular formula is C20H26N2O3S. The Morgan fingerprint density at radius 2 is 1.62 bits per heavy atom. The first-order valence-corrected chi connectivity index (χ1v) is 9.95. The Labute approximate surface area is 156 Å². The SMILES string of the molecule is Cc1ccc(S(=O)(=O)N(C)CC(=O)N[C@H](C)c2ccc(C)cc2C)cc1. The highest BCUT2D eigenvalue weighted by atomic mass is 32.2. The maximum absolute atomic E-state index is 12.6. The summed E-state index contributed by atoms with van der Waals surface area (Å²) in [7, 11) is -2.28. The van der Waals surface area contributed by atoms with Crippen LogP contribution in [0.5, 0.6) is 0 Å². The predicted molar refractivity (Wildman–Crippen MR) is 103 cm³/mol. The summed E-state index contributed by atoms with van der Waals surface area (Å²) in [6.45, 7) is 7.57. The molecule has 2 aromatic carbocycles. The van der Waals surface area contributed by atoms with Crippen molar-refractivity contribution < 1.29 is 13.2 Å². The van der Waals surface area contributed by atoms with E-state index < -0.39 is 10.0 Å². The summed E-state index contributed by atoms with van der Waals surface area (Å²) >= 11 is 0. The molecule has 0 saturated heterocycles. The average molecular weight is 375 g/mol. The summed E-state index contributed by atoms with van der Waals surface area (Å²) in [5.74, 6) is -0.337. The lowest BCUT2D eigenvalue weighted by Gasteiger charge is -2.20. The van der Waals surface area contributed by atoms with Crippen molar-refractivity contribution in [1.29, 1.82) is 0 Å². The first kappa shape index (κ1) is 20.1. The molecule has 140 valence electrons. The molecule has 1 atom stereocenters. The van der Waals surface area contributed by atoms with Crippen molar-refractivity contribution in [3.05, 3.63) is 64.7 Å². The number of carbonyl (C=O) groups excluding carboxylic acids is 1. The summed E-state index contributed by atoms with van der Waals surface area (Å²) in [5, 5.41) is 2.87. The molecule has 0 spiro atoms. The van der Waals surface area contributed by atoms with Crippen LogP contribution in [-0.4, -0.2) is 32.2 Å². The van der Waals surface area contributed by atoms with Gasteiger partial charge in [-0.3, -0.25) is 4.79 Å². The van der Waals surface area contributed by atoms with Gasteiger partial charge < -0.3 is 5.32 Å². The molecule has 0 aromatic heterocycles. The van der Waals surface area contributed by atoms with E-state index in [1.54, 1.807) is 24.3 Å². The number of nitrogens with one attached hydrogen (secondary N) is 1. The van der Waals surface area contributed by atoms with Gasteiger partial charge in [-0.15, -0.1) is 0 Å². The second kappa shape index (κ2) is 8.01. The van der Waals surface area contributed by atoms with Crippen LogP contribution >= 0.6 is 0 Å². The lowest BCUT2D eigenvalue weighted by molar-refractivity contribution is -0.121. The van der Waals surface area contributed by atoms with Crippen molar-refractivity contribution >= 4 is 15.9 Å². The number of likely N-dealkylation sites (N-methyl/N-ethyl adjacent to an activating group) is 1. The van der Waals surface area contributed by atoms with Crippen LogP contribution in [-0.2, 0) is 14.8 Å². The number of hydrogen-bond acceptors (Lipinski definition) is 3. The third-order valence-corrected chi connectivity index (χ3v) is 6.18. The number of sulfonamides is 1. The maximum atomic E-state index is 12.6. The van der Waals surface area contributed by atoms with Crippen LogP contribution in [0, 0.1) is 20.8 Å². The largest absolute Gasteiger partial charge is 0.348 e. The van der Waals surface area contributed by atoms with Gasteiger partial charge in [0, 0.05) is 7.05 Å². The number of rotatable bonds is 6. The Balaban J connectivity index is 2.05. The fraction of sp³-hybridized carbons (Fsp3) is 0.350. The number of aryl methyl sites for hydroxylation is 3. The Morgan fingerprint density at radius 3 is 2.19 bits per heavy atom. The Bertz CT molecular complexity index is 890. The molecule has 0 aliphatic heterocycles. The zero-order valence-corrected chi connectivity index (χ0v) is 16.7. The molecule has 2 aromatic rings. The predicted octanol–water partition coefficient (Wildman–Crippen LogP) is 3.11. The second-order valence-electron chi connectivity index (χ2n) is 6.72. The van der Waals surface area contributed by atoms with Gasteiger partial charge in [0.25, 0.3) is 0 Å². The fourth-order valence-corrected chi connectivity index (χ4v) is 3.98. The van der Waals surface area contributed by atoms with Crippen molar-refractivity contribution in [3.63, 3.8) is 0 Å². The van der Waals surface area contributed by atoms with E-state index >= 15 is 0 Å². The molecule has 0 heterocycles. The van der Waals surface area contributed by atoms with Gasteiger partial charge in [0.05, 0.1) is 17.5 Å². The molecule has 6 heteroatoms. The van der Waals surface area contributed by atoms with Crippen LogP contribution in [0.25, 0.3) is 0 Å². The molecule has 2 rings (SSSR count). The second-order valence-corrected chi connectivity index (χ2v) is 8.77. The van der Waals surface area contributed by atoms with Gasteiger partial charge in [0.15, 0.2) is 0 Å². The third kappa shape index (κ3) is 4.71. The highest BCUT2D eigenvalue weighted by Gasteiger charge is 2.23. The van der Waals surface area contributed by atoms with Crippen molar-refractivity contribution in [2.24, 2.45) is 0 Å². The van der Waals surface area contributed by atoms with Gasteiger partial charge in [-0.25, -0.2) is 8.42 Å². The van der Waals surface area contributed by atoms with Crippen molar-refractivity contribution in [2.75, 3.05) is 13.6 Å². The smallest absolute Gasteiger partial charge is 0.243 e. The maximum Gasteiger partial charge on any atom is 0.243 e. The Morgan fingerprint density at radius 1 is 1.04 bits per heavy atom. The van der Waals surface area contributed by atoms with Gasteiger partial charge >= 0.3 is 0 Å². The lowest BCUT2D eigenvalue weighted by atomic mass is 10.0. The van der Waals surface area contributed by atoms with E-state index in [4.69, 9.17) is 0 Å². The summed E-state index contributed by atoms with van der Waals surface area (Å²) in [4.78, 5) is 12.5. The quantitative estimate of drug-likeness (QED) is 0.845. The Kier molecular flexibility index (Phi) is 6.21. The summed E-state index contributed by atoms with van der Waals surface area (Å²) in [5.41, 5.74) is 4.26. The zero-order valence-electron chi connectivity index (χ0n) is 15.9. The van der Waals surface area contributed by atoms with Crippen LogP contribution in [0.1, 0.15) is 35.2 Å². The van der Waals surface area contributed by atoms with Crippen LogP contribution in [0.15, 0.2) is 47.4 Å². The van der Waals surface area contributed by atoms with E-state index in [-0.39, 0.29) is 23.4 Å². The molecule has 1 amide bonds. The van der Waals surface area contributed by atoms with Crippen molar-refractivity contribution in [1.82, 2.24) is 9.62 Å². The molecule has 5 nitrogen and oxygen atoms in total. The van der Waals surface area contributed by atoms with Crippen molar-refractivity contribution in [2.45, 2.75) is 38.6 Å². The number of benzene rings is 2. The number of nitrogens with zero attached hydrogens (tertiary/aromatic N) is 1. The first-order valence-electron chi connectivity index (χ1n) is 8.51. The van der Waals surface area contributed by atoms with Gasteiger partial charge in [-0.1, -0.05) is 41.5 Å². The van der Waals surface area contributed by atoms with Crippen LogP contribution in [0.4, 0.5) is 0 Å². The minimum atomic E-state index is -3.69. The number of hydrogen-bond donors (Lipinski definition) is 1. The van der Waals surface area contributed by atoms with Gasteiger partial charge in [0.2, 0.25) is 15.9 Å². The van der Waals surface area contributed by atoms with Gasteiger partial charge in [-0.05, 0) is 51.0 Å². The first-order chi connectivity index (χ1) is 12.1. The van der Waals surface area contributed by atoms with E-state index in [2.05, 4.69) is 11.4 Å². The molecule has 0 saturated carbocycles. The number of carbonyl (C=O) groups is 1. The molecule has 0 aliphatic rings. The monoisotopic (exact) mass is 374 g/mol. The van der Waals surface area contributed by atoms with Gasteiger partial charge in [0.1, 0.15) is 0 Å². The normalized spacial score (nSPS) is 12.8. The minimum absolute atomic E-state index is 0.181. The van der Waals surface area contributed by atoms with E-state index in [0.717, 1.165) is 26.6 Å². The summed E-state index contributed by atoms with van der Waals surface area (Å²) < 4.78 is 26.2. The van der Waals surface area contributed by atoms with Crippen LogP contribution < -0.4 is 5.32 Å². The zero-order chi connectivity index (χ0) is 19.5. The van der Waals surface area contributed by atoms with E-state index in [0.29, 0.717) is 0 Å². The molecule has 0 bridgehead atoms. The van der Waals surface area contributed by atoms with Gasteiger partial charge in [-0.2, -0.15) is 4.31 Å². The standard InChI is InChI=1S/C20H26N2O3S/c1-14-6-9-18(10-7-14)26(24,25)22(5)13-20(23)21-17(4)19-11-8-15(2)12-16(19)3/h6-12,17H,13H2,1-5H3,(H,21,23)/t17-/m1/s1. The molecule has 0 aliphatic carbocycles. The topological polar surface area (TPSA) is 66.5 Å². The molecule has 0 unspecified atom stereocenters. The van der Waals surface area contributed by atoms with Crippen LogP contribution in [0.3, 0.4) is 0 Å². The molecule has 0 fully saturated rings. The molecule has 26 heavy (non-hydrogen) atoms. The molecule has 0 radical (unpaired) electrons. The average Bonchev–Trinajstić information content (AvgIpc) is 2.54.